The average Bonchev–Trinajstić information content (AvgIpc) is 2.35. The predicted molar refractivity (Wildman–Crippen MR) is 70.6 cm³/mol. The molecular formula is C12H7Cl3FNO. The molecule has 0 saturated heterocycles. The van der Waals surface area contributed by atoms with Crippen molar-refractivity contribution in [3.63, 3.8) is 0 Å². The third-order valence-corrected chi connectivity index (χ3v) is 3.63. The normalized spacial score (nSPS) is 10.7. The van der Waals surface area contributed by atoms with Gasteiger partial charge in [0.15, 0.2) is 0 Å². The zero-order valence-electron chi connectivity index (χ0n) is 8.92. The highest BCUT2D eigenvalue weighted by molar-refractivity contribution is 6.48. The third-order valence-electron chi connectivity index (χ3n) is 2.43. The van der Waals surface area contributed by atoms with E-state index in [1.807, 2.05) is 0 Å². The Balaban J connectivity index is 2.69. The second kappa shape index (κ2) is 5.41. The maximum Gasteiger partial charge on any atom is 0.221 e. The minimum Gasteiger partial charge on any atom is -0.392 e. The summed E-state index contributed by atoms with van der Waals surface area (Å²) in [6.45, 7) is -0.313. The van der Waals surface area contributed by atoms with Crippen LogP contribution in [0.1, 0.15) is 5.56 Å². The van der Waals surface area contributed by atoms with Crippen LogP contribution in [-0.4, -0.2) is 10.1 Å². The molecule has 18 heavy (non-hydrogen) atoms. The zero-order chi connectivity index (χ0) is 13.3. The summed E-state index contributed by atoms with van der Waals surface area (Å²) in [5.74, 6) is -0.698. The highest BCUT2D eigenvalue weighted by atomic mass is 35.5. The Bertz CT molecular complexity index is 581. The fourth-order valence-electron chi connectivity index (χ4n) is 1.61. The minimum atomic E-state index is -0.698. The molecule has 0 saturated carbocycles. The van der Waals surface area contributed by atoms with Gasteiger partial charge in [0, 0.05) is 11.8 Å². The summed E-state index contributed by atoms with van der Waals surface area (Å²) in [5, 5.41) is 9.84. The van der Waals surface area contributed by atoms with Crippen LogP contribution in [0.5, 0.6) is 0 Å². The smallest absolute Gasteiger partial charge is 0.221 e. The lowest BCUT2D eigenvalue weighted by Crippen LogP contribution is -1.96. The molecule has 0 radical (unpaired) electrons. The van der Waals surface area contributed by atoms with Crippen molar-refractivity contribution >= 4 is 34.8 Å². The van der Waals surface area contributed by atoms with Crippen LogP contribution >= 0.6 is 34.8 Å². The Morgan fingerprint density at radius 1 is 1.17 bits per heavy atom. The quantitative estimate of drug-likeness (QED) is 0.661. The lowest BCUT2D eigenvalue weighted by molar-refractivity contribution is 0.281. The van der Waals surface area contributed by atoms with Crippen LogP contribution in [0, 0.1) is 5.95 Å². The Kier molecular flexibility index (Phi) is 4.07. The molecule has 2 rings (SSSR count). The molecule has 1 aromatic carbocycles. The summed E-state index contributed by atoms with van der Waals surface area (Å²) in [7, 11) is 0. The summed E-state index contributed by atoms with van der Waals surface area (Å²) >= 11 is 17.6. The number of halogens is 4. The minimum absolute atomic E-state index is 0.167. The van der Waals surface area contributed by atoms with Gasteiger partial charge in [0.05, 0.1) is 21.7 Å². The summed E-state index contributed by atoms with van der Waals surface area (Å²) in [6, 6.07) is 4.48. The Labute approximate surface area is 118 Å². The van der Waals surface area contributed by atoms with Crippen LogP contribution in [0.2, 0.25) is 15.1 Å². The van der Waals surface area contributed by atoms with Gasteiger partial charge >= 0.3 is 0 Å². The number of aliphatic hydroxyl groups is 1. The van der Waals surface area contributed by atoms with Gasteiger partial charge in [-0.2, -0.15) is 4.39 Å². The molecule has 0 fully saturated rings. The molecule has 1 heterocycles. The van der Waals surface area contributed by atoms with E-state index in [9.17, 15) is 9.50 Å². The summed E-state index contributed by atoms with van der Waals surface area (Å²) in [4.78, 5) is 3.55. The molecule has 0 amide bonds. The number of nitrogens with zero attached hydrogens (tertiary/aromatic N) is 1. The van der Waals surface area contributed by atoms with Crippen LogP contribution in [0.4, 0.5) is 4.39 Å². The third kappa shape index (κ3) is 2.45. The zero-order valence-corrected chi connectivity index (χ0v) is 11.2. The molecule has 0 aliphatic heterocycles. The molecule has 0 aliphatic rings. The first-order valence-electron chi connectivity index (χ1n) is 4.93. The first-order valence-corrected chi connectivity index (χ1v) is 6.07. The van der Waals surface area contributed by atoms with E-state index >= 15 is 0 Å². The van der Waals surface area contributed by atoms with Crippen molar-refractivity contribution in [1.29, 1.82) is 0 Å². The van der Waals surface area contributed by atoms with E-state index < -0.39 is 5.95 Å². The van der Waals surface area contributed by atoms with Crippen molar-refractivity contribution in [2.75, 3.05) is 0 Å². The van der Waals surface area contributed by atoms with Crippen molar-refractivity contribution < 1.29 is 9.50 Å². The standard InChI is InChI=1S/C12H7Cl3FNO/c13-8-3-7(4-9(14)11(8)15)10-6(5-18)1-2-17-12(10)16/h1-4,18H,5H2. The number of aliphatic hydroxyl groups excluding tert-OH is 1. The van der Waals surface area contributed by atoms with E-state index in [4.69, 9.17) is 34.8 Å². The molecule has 0 aliphatic carbocycles. The van der Waals surface area contributed by atoms with E-state index in [0.29, 0.717) is 11.1 Å². The second-order valence-electron chi connectivity index (χ2n) is 3.55. The molecule has 0 atom stereocenters. The van der Waals surface area contributed by atoms with Gasteiger partial charge < -0.3 is 5.11 Å². The van der Waals surface area contributed by atoms with Gasteiger partial charge in [-0.3, -0.25) is 0 Å². The largest absolute Gasteiger partial charge is 0.392 e. The van der Waals surface area contributed by atoms with Crippen molar-refractivity contribution in [3.8, 4) is 11.1 Å². The Morgan fingerprint density at radius 2 is 1.78 bits per heavy atom. The molecular weight excluding hydrogens is 299 g/mol. The van der Waals surface area contributed by atoms with E-state index in [0.717, 1.165) is 0 Å². The SMILES string of the molecule is OCc1ccnc(F)c1-c1cc(Cl)c(Cl)c(Cl)c1. The van der Waals surface area contributed by atoms with Gasteiger partial charge in [0.25, 0.3) is 0 Å². The van der Waals surface area contributed by atoms with Crippen molar-refractivity contribution in [2.24, 2.45) is 0 Å². The average molecular weight is 307 g/mol. The fourth-order valence-corrected chi connectivity index (χ4v) is 2.21. The number of pyridine rings is 1. The lowest BCUT2D eigenvalue weighted by Gasteiger charge is -2.10. The monoisotopic (exact) mass is 305 g/mol. The van der Waals surface area contributed by atoms with Gasteiger partial charge in [-0.25, -0.2) is 4.98 Å². The molecule has 94 valence electrons. The van der Waals surface area contributed by atoms with Crippen molar-refractivity contribution in [3.05, 3.63) is 51.0 Å². The first-order chi connectivity index (χ1) is 8.54. The number of rotatable bonds is 2. The first kappa shape index (κ1) is 13.6. The van der Waals surface area contributed by atoms with E-state index in [1.165, 1.54) is 24.4 Å². The summed E-state index contributed by atoms with van der Waals surface area (Å²) < 4.78 is 13.7. The molecule has 6 heteroatoms. The highest BCUT2D eigenvalue weighted by Gasteiger charge is 2.14. The molecule has 2 nitrogen and oxygen atoms in total. The number of aromatic nitrogens is 1. The molecule has 0 bridgehead atoms. The van der Waals surface area contributed by atoms with Gasteiger partial charge in [0.1, 0.15) is 0 Å². The molecule has 1 N–H and O–H groups in total. The van der Waals surface area contributed by atoms with Crippen LogP contribution in [0.25, 0.3) is 11.1 Å². The van der Waals surface area contributed by atoms with Gasteiger partial charge in [0.2, 0.25) is 5.95 Å². The summed E-state index contributed by atoms with van der Waals surface area (Å²) in [5.41, 5.74) is 0.987. The van der Waals surface area contributed by atoms with Crippen LogP contribution < -0.4 is 0 Å². The van der Waals surface area contributed by atoms with Crippen molar-refractivity contribution in [1.82, 2.24) is 4.98 Å². The second-order valence-corrected chi connectivity index (χ2v) is 4.74. The van der Waals surface area contributed by atoms with Crippen LogP contribution in [-0.2, 0) is 6.61 Å². The Hall–Kier alpha value is -0.870. The number of hydrogen-bond acceptors (Lipinski definition) is 2. The summed E-state index contributed by atoms with van der Waals surface area (Å²) in [6.07, 6.45) is 1.28. The van der Waals surface area contributed by atoms with Gasteiger partial charge in [-0.05, 0) is 29.3 Å². The van der Waals surface area contributed by atoms with E-state index in [1.54, 1.807) is 0 Å². The number of hydrogen-bond donors (Lipinski definition) is 1. The molecule has 2 aromatic rings. The molecule has 0 spiro atoms. The van der Waals surface area contributed by atoms with Crippen LogP contribution in [0.3, 0.4) is 0 Å². The van der Waals surface area contributed by atoms with E-state index in [2.05, 4.69) is 4.98 Å². The van der Waals surface area contributed by atoms with E-state index in [-0.39, 0.29) is 27.2 Å². The van der Waals surface area contributed by atoms with Gasteiger partial charge in [-0.15, -0.1) is 0 Å². The maximum absolute atomic E-state index is 13.7. The highest BCUT2D eigenvalue weighted by Crippen LogP contribution is 2.36. The lowest BCUT2D eigenvalue weighted by atomic mass is 10.0. The molecule has 0 unspecified atom stereocenters. The maximum atomic E-state index is 13.7. The van der Waals surface area contributed by atoms with Crippen molar-refractivity contribution in [2.45, 2.75) is 6.61 Å². The fraction of sp³-hybridized carbons (Fsp3) is 0.0833. The van der Waals surface area contributed by atoms with Crippen LogP contribution in [0.15, 0.2) is 24.4 Å². The predicted octanol–water partition coefficient (Wildman–Crippen LogP) is 4.34. The Morgan fingerprint density at radius 3 is 2.33 bits per heavy atom. The topological polar surface area (TPSA) is 33.1 Å². The molecule has 1 aromatic heterocycles. The van der Waals surface area contributed by atoms with Gasteiger partial charge in [-0.1, -0.05) is 34.8 Å². The number of benzene rings is 1.